The molecule has 4 rings (SSSR count). The number of hydrogen-bond donors (Lipinski definition) is 0. The molecule has 0 saturated carbocycles. The van der Waals surface area contributed by atoms with Crippen molar-refractivity contribution in [2.75, 3.05) is 24.5 Å². The number of halogens is 4. The van der Waals surface area contributed by atoms with Crippen LogP contribution in [0.25, 0.3) is 16.8 Å². The molecule has 3 aromatic rings. The largest absolute Gasteiger partial charge is 0.573 e. The van der Waals surface area contributed by atoms with Crippen LogP contribution in [0.3, 0.4) is 0 Å². The number of anilines is 1. The van der Waals surface area contributed by atoms with Crippen LogP contribution in [-0.4, -0.2) is 63.4 Å². The number of carbonyl (C=O) groups is 1. The van der Waals surface area contributed by atoms with Gasteiger partial charge in [-0.3, -0.25) is 0 Å². The smallest absolute Gasteiger partial charge is 0.444 e. The van der Waals surface area contributed by atoms with Gasteiger partial charge in [0.1, 0.15) is 11.3 Å². The summed E-state index contributed by atoms with van der Waals surface area (Å²) in [5.41, 5.74) is -0.482. The van der Waals surface area contributed by atoms with Crippen molar-refractivity contribution in [2.45, 2.75) is 45.7 Å². The fraction of sp³-hybridized carbons (Fsp3) is 0.476. The summed E-state index contributed by atoms with van der Waals surface area (Å²) in [5, 5.41) is 3.82. The highest BCUT2D eigenvalue weighted by Gasteiger charge is 2.36. The molecule has 3 heterocycles. The maximum absolute atomic E-state index is 13.1. The fourth-order valence-electron chi connectivity index (χ4n) is 3.65. The fourth-order valence-corrected chi connectivity index (χ4v) is 3.88. The van der Waals surface area contributed by atoms with Gasteiger partial charge in [-0.05, 0) is 39.8 Å². The Morgan fingerprint density at radius 1 is 1.26 bits per heavy atom. The second kappa shape index (κ2) is 8.57. The normalized spacial score (nSPS) is 17.4. The maximum atomic E-state index is 13.1. The molecule has 184 valence electrons. The van der Waals surface area contributed by atoms with Gasteiger partial charge in [0.2, 0.25) is 0 Å². The zero-order chi connectivity index (χ0) is 24.8. The number of benzene rings is 1. The van der Waals surface area contributed by atoms with Crippen LogP contribution in [-0.2, 0) is 4.74 Å². The molecule has 0 radical (unpaired) electrons. The summed E-state index contributed by atoms with van der Waals surface area (Å²) in [6.45, 7) is 8.15. The third kappa shape index (κ3) is 5.01. The molecule has 0 N–H and O–H groups in total. The monoisotopic (exact) mass is 501 g/mol. The van der Waals surface area contributed by atoms with E-state index in [4.69, 9.17) is 20.8 Å². The molecule has 1 aliphatic rings. The molecule has 0 spiro atoms. The van der Waals surface area contributed by atoms with Gasteiger partial charge in [-0.15, -0.1) is 13.2 Å². The molecular weight excluding hydrogens is 479 g/mol. The summed E-state index contributed by atoms with van der Waals surface area (Å²) in [7, 11) is 0. The third-order valence-electron chi connectivity index (χ3n) is 5.04. The summed E-state index contributed by atoms with van der Waals surface area (Å²) >= 11 is 6.14. The van der Waals surface area contributed by atoms with Crippen molar-refractivity contribution >= 4 is 34.8 Å². The number of aromatic nitrogens is 3. The van der Waals surface area contributed by atoms with Gasteiger partial charge in [0, 0.05) is 38.1 Å². The number of hydrogen-bond acceptors (Lipinski definition) is 7. The lowest BCUT2D eigenvalue weighted by Crippen LogP contribution is -2.54. The van der Waals surface area contributed by atoms with E-state index in [1.807, 2.05) is 6.92 Å². The Morgan fingerprint density at radius 2 is 2.00 bits per heavy atom. The van der Waals surface area contributed by atoms with E-state index in [1.165, 1.54) is 16.9 Å². The Labute approximate surface area is 198 Å². The molecule has 34 heavy (non-hydrogen) atoms. The van der Waals surface area contributed by atoms with Crippen LogP contribution in [0.15, 0.2) is 28.9 Å². The van der Waals surface area contributed by atoms with Gasteiger partial charge in [-0.1, -0.05) is 11.6 Å². The van der Waals surface area contributed by atoms with Crippen LogP contribution >= 0.6 is 11.6 Å². The second-order valence-electron chi connectivity index (χ2n) is 8.85. The van der Waals surface area contributed by atoms with Crippen molar-refractivity contribution in [1.82, 2.24) is 19.7 Å². The number of fused-ring (bicyclic) bond motifs is 1. The van der Waals surface area contributed by atoms with Crippen LogP contribution in [0.4, 0.5) is 24.0 Å². The minimum absolute atomic E-state index is 0.0316. The Hall–Kier alpha value is -3.15. The average Bonchev–Trinajstić information content (AvgIpc) is 3.38. The second-order valence-corrected chi connectivity index (χ2v) is 9.26. The van der Waals surface area contributed by atoms with Crippen LogP contribution in [0, 0.1) is 0 Å². The lowest BCUT2D eigenvalue weighted by atomic mass is 10.2. The van der Waals surface area contributed by atoms with Gasteiger partial charge in [0.25, 0.3) is 6.01 Å². The Balaban J connectivity index is 1.69. The number of piperazine rings is 1. The summed E-state index contributed by atoms with van der Waals surface area (Å²) < 4.78 is 56.1. The van der Waals surface area contributed by atoms with E-state index in [2.05, 4.69) is 14.8 Å². The molecule has 13 heteroatoms. The molecule has 1 amide bonds. The number of carbonyl (C=O) groups excluding carboxylic acids is 1. The van der Waals surface area contributed by atoms with Crippen molar-refractivity contribution < 1.29 is 31.9 Å². The lowest BCUT2D eigenvalue weighted by molar-refractivity contribution is -0.274. The van der Waals surface area contributed by atoms with E-state index in [-0.39, 0.29) is 28.2 Å². The standard InChI is InChI=1S/C21H23ClF3N5O4/c1-12-11-28(19(31)34-20(2,3)4)8-9-29(12)18-27-15-16(33-21(23,24)25)13(22)10-14(17(15)32-18)30-7-5-6-26-30/h5-7,10,12H,8-9,11H2,1-4H3/t12-/m0/s1. The number of nitrogens with zero attached hydrogens (tertiary/aromatic N) is 5. The van der Waals surface area contributed by atoms with Gasteiger partial charge in [-0.2, -0.15) is 10.1 Å². The van der Waals surface area contributed by atoms with Crippen molar-refractivity contribution in [3.8, 4) is 11.4 Å². The minimum Gasteiger partial charge on any atom is -0.444 e. The highest BCUT2D eigenvalue weighted by molar-refractivity contribution is 6.33. The molecule has 1 aliphatic heterocycles. The zero-order valence-electron chi connectivity index (χ0n) is 18.9. The molecule has 0 aliphatic carbocycles. The van der Waals surface area contributed by atoms with E-state index >= 15 is 0 Å². The summed E-state index contributed by atoms with van der Waals surface area (Å²) in [6.07, 6.45) is -2.31. The molecule has 1 fully saturated rings. The van der Waals surface area contributed by atoms with E-state index < -0.39 is 23.8 Å². The van der Waals surface area contributed by atoms with Crippen LogP contribution in [0.2, 0.25) is 5.02 Å². The Bertz CT molecular complexity index is 1190. The summed E-state index contributed by atoms with van der Waals surface area (Å²) in [5.74, 6) is -0.657. The first-order chi connectivity index (χ1) is 15.8. The topological polar surface area (TPSA) is 85.9 Å². The number of oxazole rings is 1. The predicted molar refractivity (Wildman–Crippen MR) is 117 cm³/mol. The van der Waals surface area contributed by atoms with Gasteiger partial charge < -0.3 is 23.7 Å². The number of ether oxygens (including phenoxy) is 2. The Kier molecular flexibility index (Phi) is 6.05. The molecule has 1 saturated heterocycles. The van der Waals surface area contributed by atoms with Crippen molar-refractivity contribution in [3.63, 3.8) is 0 Å². The van der Waals surface area contributed by atoms with Crippen LogP contribution in [0.1, 0.15) is 27.7 Å². The van der Waals surface area contributed by atoms with Crippen LogP contribution in [0.5, 0.6) is 5.75 Å². The highest BCUT2D eigenvalue weighted by atomic mass is 35.5. The van der Waals surface area contributed by atoms with E-state index in [1.54, 1.807) is 42.8 Å². The summed E-state index contributed by atoms with van der Waals surface area (Å²) in [4.78, 5) is 20.1. The lowest BCUT2D eigenvalue weighted by Gasteiger charge is -2.39. The first kappa shape index (κ1) is 24.0. The van der Waals surface area contributed by atoms with Gasteiger partial charge in [-0.25, -0.2) is 9.48 Å². The molecule has 0 bridgehead atoms. The molecule has 1 aromatic carbocycles. The predicted octanol–water partition coefficient (Wildman–Crippen LogP) is 5.01. The van der Waals surface area contributed by atoms with E-state index in [0.29, 0.717) is 25.3 Å². The highest BCUT2D eigenvalue weighted by Crippen LogP contribution is 2.42. The summed E-state index contributed by atoms with van der Waals surface area (Å²) in [6, 6.07) is 2.74. The molecule has 9 nitrogen and oxygen atoms in total. The molecule has 1 atom stereocenters. The first-order valence-electron chi connectivity index (χ1n) is 10.5. The third-order valence-corrected chi connectivity index (χ3v) is 5.32. The zero-order valence-corrected chi connectivity index (χ0v) is 19.6. The van der Waals surface area contributed by atoms with Crippen LogP contribution < -0.4 is 9.64 Å². The Morgan fingerprint density at radius 3 is 2.59 bits per heavy atom. The number of rotatable bonds is 3. The maximum Gasteiger partial charge on any atom is 0.573 e. The molecular formula is C21H23ClF3N5O4. The quantitative estimate of drug-likeness (QED) is 0.498. The van der Waals surface area contributed by atoms with Crippen molar-refractivity contribution in [1.29, 1.82) is 0 Å². The number of alkyl halides is 3. The average molecular weight is 502 g/mol. The molecule has 2 aromatic heterocycles. The van der Waals surface area contributed by atoms with Gasteiger partial charge in [0.05, 0.1) is 5.02 Å². The molecule has 0 unspecified atom stereocenters. The van der Waals surface area contributed by atoms with Gasteiger partial charge >= 0.3 is 12.5 Å². The minimum atomic E-state index is -4.98. The van der Waals surface area contributed by atoms with E-state index in [0.717, 1.165) is 0 Å². The van der Waals surface area contributed by atoms with E-state index in [9.17, 15) is 18.0 Å². The SMILES string of the molecule is C[C@H]1CN(C(=O)OC(C)(C)C)CCN1c1nc2c(OC(F)(F)F)c(Cl)cc(-n3cccn3)c2o1. The van der Waals surface area contributed by atoms with Crippen molar-refractivity contribution in [2.24, 2.45) is 0 Å². The first-order valence-corrected chi connectivity index (χ1v) is 10.8. The number of amides is 1. The van der Waals surface area contributed by atoms with Gasteiger partial charge in [0.15, 0.2) is 16.8 Å². The van der Waals surface area contributed by atoms with Crippen molar-refractivity contribution in [3.05, 3.63) is 29.5 Å².